The van der Waals surface area contributed by atoms with Crippen molar-refractivity contribution in [1.29, 1.82) is 0 Å². The van der Waals surface area contributed by atoms with Crippen molar-refractivity contribution in [1.82, 2.24) is 0 Å². The fraction of sp³-hybridized carbons (Fsp3) is 0.750. The Hall–Kier alpha value is -1.25. The number of aliphatic hydroxyl groups excluding tert-OH is 1. The Morgan fingerprint density at radius 1 is 1.19 bits per heavy atom. The Labute approximate surface area is 158 Å². The molecule has 4 rings (SSSR count). The summed E-state index contributed by atoms with van der Waals surface area (Å²) < 4.78 is 5.19. The molecule has 27 heavy (non-hydrogen) atoms. The van der Waals surface area contributed by atoms with Crippen molar-refractivity contribution in [3.8, 4) is 0 Å². The first-order valence-electron chi connectivity index (χ1n) is 9.49. The van der Waals surface area contributed by atoms with E-state index >= 15 is 0 Å². The highest BCUT2D eigenvalue weighted by molar-refractivity contribution is 5.92. The molecule has 0 aromatic carbocycles. The molecule has 0 amide bonds. The standard InChI is InChI=1S/C20H28O7/c1-16(2,23)18(24)8-9-20(26)17(3)6-4-11-12(10-27-14(11)21)13(17)5-7-19(20,25)15(18)22/h8-9,13,15,22-26H,4-7,10H2,1-3H3/t13?,15-,17+,18+,19-,20-/m1/s1. The zero-order valence-electron chi connectivity index (χ0n) is 15.9. The molecule has 0 saturated heterocycles. The molecule has 0 aromatic heterocycles. The van der Waals surface area contributed by atoms with Crippen LogP contribution in [0.15, 0.2) is 23.3 Å². The maximum absolute atomic E-state index is 12.0. The van der Waals surface area contributed by atoms with Crippen molar-refractivity contribution in [2.75, 3.05) is 6.61 Å². The summed E-state index contributed by atoms with van der Waals surface area (Å²) in [5, 5.41) is 55.5. The molecule has 0 bridgehead atoms. The highest BCUT2D eigenvalue weighted by Gasteiger charge is 2.73. The highest BCUT2D eigenvalue weighted by atomic mass is 16.5. The van der Waals surface area contributed by atoms with Gasteiger partial charge in [0, 0.05) is 11.0 Å². The molecular formula is C20H28O7. The van der Waals surface area contributed by atoms with Crippen LogP contribution in [-0.2, 0) is 9.53 Å². The lowest BCUT2D eigenvalue weighted by Crippen LogP contribution is -2.79. The quantitative estimate of drug-likeness (QED) is 0.319. The van der Waals surface area contributed by atoms with Crippen LogP contribution in [0.1, 0.15) is 46.5 Å². The van der Waals surface area contributed by atoms with Crippen LogP contribution in [0.2, 0.25) is 0 Å². The van der Waals surface area contributed by atoms with E-state index < -0.39 is 33.9 Å². The van der Waals surface area contributed by atoms with Gasteiger partial charge in [-0.05, 0) is 57.1 Å². The van der Waals surface area contributed by atoms with Crippen molar-refractivity contribution in [2.45, 2.75) is 75.0 Å². The summed E-state index contributed by atoms with van der Waals surface area (Å²) in [5.41, 5.74) is -7.03. The average Bonchev–Trinajstić information content (AvgIpc) is 2.95. The van der Waals surface area contributed by atoms with E-state index in [1.807, 2.05) is 6.92 Å². The molecule has 5 N–H and O–H groups in total. The van der Waals surface area contributed by atoms with Crippen LogP contribution in [0.4, 0.5) is 0 Å². The van der Waals surface area contributed by atoms with E-state index in [4.69, 9.17) is 4.74 Å². The minimum atomic E-state index is -2.11. The van der Waals surface area contributed by atoms with Gasteiger partial charge in [-0.25, -0.2) is 4.79 Å². The minimum Gasteiger partial charge on any atom is -0.458 e. The number of aliphatic hydroxyl groups is 5. The van der Waals surface area contributed by atoms with E-state index in [0.717, 1.165) is 5.57 Å². The largest absolute Gasteiger partial charge is 0.458 e. The number of hydrogen-bond acceptors (Lipinski definition) is 7. The number of hydrogen-bond donors (Lipinski definition) is 5. The predicted octanol–water partition coefficient (Wildman–Crippen LogP) is -0.0552. The first-order chi connectivity index (χ1) is 12.3. The summed E-state index contributed by atoms with van der Waals surface area (Å²) in [7, 11) is 0. The molecule has 4 aliphatic rings. The molecule has 1 fully saturated rings. The van der Waals surface area contributed by atoms with Crippen molar-refractivity contribution in [2.24, 2.45) is 11.3 Å². The van der Waals surface area contributed by atoms with Gasteiger partial charge in [0.25, 0.3) is 0 Å². The number of carbonyl (C=O) groups is 1. The fourth-order valence-electron chi connectivity index (χ4n) is 5.89. The maximum Gasteiger partial charge on any atom is 0.334 e. The van der Waals surface area contributed by atoms with Crippen molar-refractivity contribution in [3.63, 3.8) is 0 Å². The van der Waals surface area contributed by atoms with Crippen molar-refractivity contribution in [3.05, 3.63) is 23.3 Å². The fourth-order valence-corrected chi connectivity index (χ4v) is 5.89. The number of ether oxygens (including phenoxy) is 1. The molecule has 7 nitrogen and oxygen atoms in total. The number of esters is 1. The van der Waals surface area contributed by atoms with Gasteiger partial charge in [0.05, 0.1) is 5.60 Å². The van der Waals surface area contributed by atoms with Crippen LogP contribution in [0.25, 0.3) is 0 Å². The predicted molar refractivity (Wildman–Crippen MR) is 94.3 cm³/mol. The Morgan fingerprint density at radius 2 is 1.85 bits per heavy atom. The lowest BCUT2D eigenvalue weighted by Gasteiger charge is -2.65. The second-order valence-electron chi connectivity index (χ2n) is 9.40. The zero-order chi connectivity index (χ0) is 20.0. The summed E-state index contributed by atoms with van der Waals surface area (Å²) >= 11 is 0. The Kier molecular flexibility index (Phi) is 3.68. The zero-order valence-corrected chi connectivity index (χ0v) is 15.9. The van der Waals surface area contributed by atoms with Gasteiger partial charge in [0.2, 0.25) is 0 Å². The molecule has 1 aliphatic heterocycles. The SMILES string of the molecule is CC(C)(O)[C@]1(O)C=C[C@@]2(O)[C@@]3(C)CCC4=C(COC4=O)C3CC[C@@]2(O)[C@@H]1O. The molecule has 150 valence electrons. The van der Waals surface area contributed by atoms with Gasteiger partial charge >= 0.3 is 5.97 Å². The summed E-state index contributed by atoms with van der Waals surface area (Å²) in [6.45, 7) is 4.74. The van der Waals surface area contributed by atoms with Gasteiger partial charge in [0.15, 0.2) is 0 Å². The van der Waals surface area contributed by atoms with Gasteiger partial charge in [-0.1, -0.05) is 13.0 Å². The maximum atomic E-state index is 12.0. The van der Waals surface area contributed by atoms with Crippen LogP contribution in [0.3, 0.4) is 0 Å². The van der Waals surface area contributed by atoms with Crippen molar-refractivity contribution < 1.29 is 35.1 Å². The van der Waals surface area contributed by atoms with Crippen LogP contribution < -0.4 is 0 Å². The van der Waals surface area contributed by atoms with E-state index in [-0.39, 0.29) is 24.9 Å². The molecule has 0 spiro atoms. The van der Waals surface area contributed by atoms with Crippen molar-refractivity contribution >= 4 is 5.97 Å². The van der Waals surface area contributed by atoms with Crippen LogP contribution in [0, 0.1) is 11.3 Å². The third-order valence-corrected chi connectivity index (χ3v) is 7.85. The van der Waals surface area contributed by atoms with E-state index in [9.17, 15) is 30.3 Å². The van der Waals surface area contributed by atoms with E-state index in [1.54, 1.807) is 0 Å². The van der Waals surface area contributed by atoms with Crippen LogP contribution in [0.5, 0.6) is 0 Å². The van der Waals surface area contributed by atoms with Gasteiger partial charge in [0.1, 0.15) is 29.5 Å². The average molecular weight is 380 g/mol. The van der Waals surface area contributed by atoms with Gasteiger partial charge < -0.3 is 30.3 Å². The topological polar surface area (TPSA) is 127 Å². The smallest absolute Gasteiger partial charge is 0.334 e. The molecule has 1 heterocycles. The molecule has 3 aliphatic carbocycles. The summed E-state index contributed by atoms with van der Waals surface area (Å²) in [6.07, 6.45) is 2.07. The monoisotopic (exact) mass is 380 g/mol. The van der Waals surface area contributed by atoms with E-state index in [1.165, 1.54) is 26.0 Å². The van der Waals surface area contributed by atoms with E-state index in [2.05, 4.69) is 0 Å². The lowest BCUT2D eigenvalue weighted by molar-refractivity contribution is -0.307. The summed E-state index contributed by atoms with van der Waals surface area (Å²) in [6, 6.07) is 0. The summed E-state index contributed by atoms with van der Waals surface area (Å²) in [4.78, 5) is 12.0. The first-order valence-corrected chi connectivity index (χ1v) is 9.49. The van der Waals surface area contributed by atoms with Gasteiger partial charge in [-0.2, -0.15) is 0 Å². The number of carbonyl (C=O) groups excluding carboxylic acids is 1. The lowest BCUT2D eigenvalue weighted by atomic mass is 9.44. The van der Waals surface area contributed by atoms with Gasteiger partial charge in [-0.3, -0.25) is 0 Å². The number of rotatable bonds is 1. The molecule has 1 saturated carbocycles. The molecule has 7 heteroatoms. The molecular weight excluding hydrogens is 352 g/mol. The number of cyclic esters (lactones) is 1. The molecule has 0 aromatic rings. The second kappa shape index (κ2) is 5.21. The van der Waals surface area contributed by atoms with Gasteiger partial charge in [-0.15, -0.1) is 0 Å². The Balaban J connectivity index is 1.86. The normalized spacial score (nSPS) is 49.4. The van der Waals surface area contributed by atoms with Crippen LogP contribution in [-0.4, -0.2) is 66.6 Å². The Morgan fingerprint density at radius 3 is 2.48 bits per heavy atom. The highest BCUT2D eigenvalue weighted by Crippen LogP contribution is 2.64. The third-order valence-electron chi connectivity index (χ3n) is 7.85. The molecule has 6 atom stereocenters. The minimum absolute atomic E-state index is 0.0125. The first kappa shape index (κ1) is 19.1. The Bertz CT molecular complexity index is 765. The third kappa shape index (κ3) is 2.01. The van der Waals surface area contributed by atoms with E-state index in [0.29, 0.717) is 24.8 Å². The number of fused-ring (bicyclic) bond motifs is 4. The molecule has 1 unspecified atom stereocenters. The second-order valence-corrected chi connectivity index (χ2v) is 9.40. The molecule has 0 radical (unpaired) electrons. The van der Waals surface area contributed by atoms with Crippen LogP contribution >= 0.6 is 0 Å². The summed E-state index contributed by atoms with van der Waals surface area (Å²) in [5.74, 6) is -0.487.